The minimum absolute atomic E-state index is 0.232. The van der Waals surface area contributed by atoms with E-state index in [9.17, 15) is 24.3 Å². The number of benzene rings is 1. The van der Waals surface area contributed by atoms with E-state index in [0.717, 1.165) is 5.56 Å². The molecule has 0 aromatic heterocycles. The summed E-state index contributed by atoms with van der Waals surface area (Å²) >= 11 is 0. The van der Waals surface area contributed by atoms with E-state index in [-0.39, 0.29) is 30.3 Å². The van der Waals surface area contributed by atoms with E-state index in [1.165, 1.54) is 4.90 Å². The lowest BCUT2D eigenvalue weighted by atomic mass is 9.97. The number of aryl methyl sites for hydroxylation is 1. The van der Waals surface area contributed by atoms with Gasteiger partial charge in [0.2, 0.25) is 11.8 Å². The van der Waals surface area contributed by atoms with Crippen LogP contribution < -0.4 is 10.6 Å². The summed E-state index contributed by atoms with van der Waals surface area (Å²) in [5, 5.41) is 15.1. The highest BCUT2D eigenvalue weighted by atomic mass is 16.4. The maximum atomic E-state index is 12.9. The van der Waals surface area contributed by atoms with Gasteiger partial charge in [-0.05, 0) is 49.8 Å². The molecule has 3 atom stereocenters. The number of anilines is 1. The fourth-order valence-electron chi connectivity index (χ4n) is 4.48. The molecule has 2 fully saturated rings. The third-order valence-electron chi connectivity index (χ3n) is 6.13. The third kappa shape index (κ3) is 5.38. The van der Waals surface area contributed by atoms with Gasteiger partial charge in [-0.25, -0.2) is 9.59 Å². The van der Waals surface area contributed by atoms with Crippen LogP contribution >= 0.6 is 0 Å². The molecule has 4 amide bonds. The van der Waals surface area contributed by atoms with E-state index in [2.05, 4.69) is 10.6 Å². The molecule has 2 heterocycles. The van der Waals surface area contributed by atoms with Crippen LogP contribution in [0.2, 0.25) is 0 Å². The van der Waals surface area contributed by atoms with Crippen LogP contribution in [0.25, 0.3) is 0 Å². The molecule has 0 spiro atoms. The summed E-state index contributed by atoms with van der Waals surface area (Å²) in [7, 11) is 0. The fraction of sp³-hybridized carbons (Fsp3) is 0.565. The van der Waals surface area contributed by atoms with Gasteiger partial charge in [-0.3, -0.25) is 9.59 Å². The zero-order valence-electron chi connectivity index (χ0n) is 18.8. The predicted molar refractivity (Wildman–Crippen MR) is 119 cm³/mol. The van der Waals surface area contributed by atoms with E-state index in [0.29, 0.717) is 38.0 Å². The Balaban J connectivity index is 1.57. The van der Waals surface area contributed by atoms with Crippen molar-refractivity contribution >= 4 is 29.5 Å². The van der Waals surface area contributed by atoms with E-state index < -0.39 is 24.0 Å². The van der Waals surface area contributed by atoms with Gasteiger partial charge < -0.3 is 25.5 Å². The number of urea groups is 1. The van der Waals surface area contributed by atoms with Crippen LogP contribution in [0.15, 0.2) is 24.3 Å². The smallest absolute Gasteiger partial charge is 0.326 e. The van der Waals surface area contributed by atoms with Gasteiger partial charge in [-0.2, -0.15) is 0 Å². The van der Waals surface area contributed by atoms with Gasteiger partial charge in [0.15, 0.2) is 0 Å². The molecule has 0 bridgehead atoms. The maximum Gasteiger partial charge on any atom is 0.326 e. The summed E-state index contributed by atoms with van der Waals surface area (Å²) in [5.41, 5.74) is 1.74. The molecule has 0 radical (unpaired) electrons. The van der Waals surface area contributed by atoms with Crippen molar-refractivity contribution in [1.29, 1.82) is 0 Å². The van der Waals surface area contributed by atoms with Crippen LogP contribution in [-0.2, 0) is 14.4 Å². The minimum atomic E-state index is -1.04. The summed E-state index contributed by atoms with van der Waals surface area (Å²) in [6.45, 7) is 6.60. The van der Waals surface area contributed by atoms with Crippen LogP contribution in [-0.4, -0.2) is 70.4 Å². The molecule has 32 heavy (non-hydrogen) atoms. The average molecular weight is 445 g/mol. The van der Waals surface area contributed by atoms with E-state index in [1.807, 2.05) is 31.2 Å². The molecule has 1 aromatic rings. The van der Waals surface area contributed by atoms with Gasteiger partial charge in [0.1, 0.15) is 12.1 Å². The Hall–Kier alpha value is -3.10. The zero-order valence-corrected chi connectivity index (χ0v) is 18.8. The van der Waals surface area contributed by atoms with Gasteiger partial charge in [0.25, 0.3) is 0 Å². The molecule has 0 saturated carbocycles. The lowest BCUT2D eigenvalue weighted by Gasteiger charge is -2.32. The van der Waals surface area contributed by atoms with Crippen molar-refractivity contribution in [3.05, 3.63) is 29.8 Å². The standard InChI is InChI=1S/C23H32N4O5/c1-14(2)19(22(30)31)27-11-9-18(21(27)29)25-20(28)16-7-5-10-26(13-16)23(32)24-17-8-4-6-15(3)12-17/h4,6,8,12,14,16,18-19H,5,7,9-11,13H2,1-3H3,(H,24,32)(H,25,28)(H,30,31). The molecule has 3 N–H and O–H groups in total. The Morgan fingerprint density at radius 3 is 2.56 bits per heavy atom. The number of carboxylic acids is 1. The second-order valence-electron chi connectivity index (χ2n) is 8.99. The number of nitrogens with zero attached hydrogens (tertiary/aromatic N) is 2. The fourth-order valence-corrected chi connectivity index (χ4v) is 4.48. The van der Waals surface area contributed by atoms with Crippen LogP contribution in [0.1, 0.15) is 38.7 Å². The van der Waals surface area contributed by atoms with Crippen molar-refractivity contribution in [3.8, 4) is 0 Å². The lowest BCUT2D eigenvalue weighted by molar-refractivity contribution is -0.150. The summed E-state index contributed by atoms with van der Waals surface area (Å²) < 4.78 is 0. The molecular formula is C23H32N4O5. The number of hydrogen-bond donors (Lipinski definition) is 3. The molecule has 1 aromatic carbocycles. The van der Waals surface area contributed by atoms with Gasteiger partial charge in [0.05, 0.1) is 5.92 Å². The first-order valence-corrected chi connectivity index (χ1v) is 11.1. The van der Waals surface area contributed by atoms with Gasteiger partial charge >= 0.3 is 12.0 Å². The first-order valence-electron chi connectivity index (χ1n) is 11.1. The Bertz CT molecular complexity index is 887. The number of rotatable bonds is 6. The lowest BCUT2D eigenvalue weighted by Crippen LogP contribution is -2.52. The van der Waals surface area contributed by atoms with Crippen LogP contribution in [0.3, 0.4) is 0 Å². The number of piperidine rings is 1. The molecule has 2 saturated heterocycles. The Labute approximate surface area is 188 Å². The highest BCUT2D eigenvalue weighted by Gasteiger charge is 2.41. The highest BCUT2D eigenvalue weighted by Crippen LogP contribution is 2.22. The van der Waals surface area contributed by atoms with Crippen molar-refractivity contribution in [2.24, 2.45) is 11.8 Å². The number of carbonyl (C=O) groups excluding carboxylic acids is 3. The van der Waals surface area contributed by atoms with E-state index >= 15 is 0 Å². The normalized spacial score (nSPS) is 22.1. The first-order chi connectivity index (χ1) is 15.2. The maximum absolute atomic E-state index is 12.9. The topological polar surface area (TPSA) is 119 Å². The number of hydrogen-bond acceptors (Lipinski definition) is 4. The van der Waals surface area contributed by atoms with Crippen molar-refractivity contribution < 1.29 is 24.3 Å². The van der Waals surface area contributed by atoms with E-state index in [1.54, 1.807) is 18.7 Å². The molecule has 0 aliphatic carbocycles. The first kappa shape index (κ1) is 23.6. The Morgan fingerprint density at radius 1 is 1.16 bits per heavy atom. The number of nitrogens with one attached hydrogen (secondary N) is 2. The van der Waals surface area contributed by atoms with Crippen molar-refractivity contribution in [1.82, 2.24) is 15.1 Å². The van der Waals surface area contributed by atoms with Crippen molar-refractivity contribution in [3.63, 3.8) is 0 Å². The van der Waals surface area contributed by atoms with Gasteiger partial charge in [0, 0.05) is 25.3 Å². The Kier molecular flexibility index (Phi) is 7.37. The van der Waals surface area contributed by atoms with Crippen molar-refractivity contribution in [2.45, 2.75) is 52.1 Å². The number of likely N-dealkylation sites (tertiary alicyclic amines) is 2. The summed E-state index contributed by atoms with van der Waals surface area (Å²) in [4.78, 5) is 52.8. The predicted octanol–water partition coefficient (Wildman–Crippen LogP) is 2.07. The molecule has 2 aliphatic rings. The number of carbonyl (C=O) groups is 4. The molecular weight excluding hydrogens is 412 g/mol. The summed E-state index contributed by atoms with van der Waals surface area (Å²) in [5.74, 6) is -2.30. The number of aliphatic carboxylic acids is 1. The zero-order chi connectivity index (χ0) is 23.4. The SMILES string of the molecule is Cc1cccc(NC(=O)N2CCCC(C(=O)NC3CCN(C(C(=O)O)C(C)C)C3=O)C2)c1. The monoisotopic (exact) mass is 444 g/mol. The van der Waals surface area contributed by atoms with E-state index in [4.69, 9.17) is 0 Å². The molecule has 3 unspecified atom stereocenters. The molecule has 2 aliphatic heterocycles. The molecule has 9 nitrogen and oxygen atoms in total. The second kappa shape index (κ2) is 10.0. The van der Waals surface area contributed by atoms with Gasteiger partial charge in [-0.15, -0.1) is 0 Å². The highest BCUT2D eigenvalue weighted by molar-refractivity contribution is 5.93. The second-order valence-corrected chi connectivity index (χ2v) is 8.99. The minimum Gasteiger partial charge on any atom is -0.480 e. The van der Waals surface area contributed by atoms with Crippen molar-refractivity contribution in [2.75, 3.05) is 25.0 Å². The largest absolute Gasteiger partial charge is 0.480 e. The van der Waals surface area contributed by atoms with Crippen LogP contribution in [0.5, 0.6) is 0 Å². The number of amides is 4. The number of carboxylic acid groups (broad SMARTS) is 1. The third-order valence-corrected chi connectivity index (χ3v) is 6.13. The average Bonchev–Trinajstić information content (AvgIpc) is 3.07. The molecule has 9 heteroatoms. The van der Waals surface area contributed by atoms with Gasteiger partial charge in [-0.1, -0.05) is 26.0 Å². The quantitative estimate of drug-likeness (QED) is 0.621. The molecule has 174 valence electrons. The summed E-state index contributed by atoms with van der Waals surface area (Å²) in [6.07, 6.45) is 1.71. The molecule has 3 rings (SSSR count). The van der Waals surface area contributed by atoms with Crippen LogP contribution in [0.4, 0.5) is 10.5 Å². The Morgan fingerprint density at radius 2 is 1.91 bits per heavy atom. The summed E-state index contributed by atoms with van der Waals surface area (Å²) in [6, 6.07) is 5.63. The van der Waals surface area contributed by atoms with Crippen LogP contribution in [0, 0.1) is 18.8 Å².